The zero-order valence-corrected chi connectivity index (χ0v) is 11.8. The standard InChI is InChI=1S/C15H20N2O3/c1-3-20-15(19)11-4-6-12(7-5-11)17-14(18)13-9-16-8-10(13)2/h4-7,10,13,16H,3,8-9H2,1-2H3,(H,17,18)/t10-,13-/m1/s1. The molecular weight excluding hydrogens is 256 g/mol. The maximum Gasteiger partial charge on any atom is 0.338 e. The third kappa shape index (κ3) is 3.36. The van der Waals surface area contributed by atoms with E-state index >= 15 is 0 Å². The van der Waals surface area contributed by atoms with Gasteiger partial charge in [0.2, 0.25) is 5.91 Å². The second kappa shape index (κ2) is 6.52. The lowest BCUT2D eigenvalue weighted by Crippen LogP contribution is -2.27. The lowest BCUT2D eigenvalue weighted by molar-refractivity contribution is -0.120. The number of ether oxygens (including phenoxy) is 1. The van der Waals surface area contributed by atoms with Crippen molar-refractivity contribution in [2.75, 3.05) is 25.0 Å². The maximum atomic E-state index is 12.1. The van der Waals surface area contributed by atoms with Gasteiger partial charge in [-0.25, -0.2) is 4.79 Å². The third-order valence-electron chi connectivity index (χ3n) is 3.52. The van der Waals surface area contributed by atoms with E-state index in [1.165, 1.54) is 0 Å². The number of benzene rings is 1. The second-order valence-corrected chi connectivity index (χ2v) is 5.03. The van der Waals surface area contributed by atoms with Gasteiger partial charge < -0.3 is 15.4 Å². The summed E-state index contributed by atoms with van der Waals surface area (Å²) in [4.78, 5) is 23.6. The number of nitrogens with one attached hydrogen (secondary N) is 2. The number of hydrogen-bond acceptors (Lipinski definition) is 4. The van der Waals surface area contributed by atoms with Crippen LogP contribution in [0.1, 0.15) is 24.2 Å². The van der Waals surface area contributed by atoms with E-state index in [4.69, 9.17) is 4.74 Å². The molecular formula is C15H20N2O3. The molecule has 5 nitrogen and oxygen atoms in total. The molecule has 1 amide bonds. The van der Waals surface area contributed by atoms with Gasteiger partial charge in [-0.1, -0.05) is 6.92 Å². The van der Waals surface area contributed by atoms with E-state index < -0.39 is 0 Å². The molecule has 5 heteroatoms. The Morgan fingerprint density at radius 1 is 1.30 bits per heavy atom. The summed E-state index contributed by atoms with van der Waals surface area (Å²) in [5, 5.41) is 6.09. The molecule has 0 bridgehead atoms. The smallest absolute Gasteiger partial charge is 0.338 e. The average molecular weight is 276 g/mol. The first-order valence-corrected chi connectivity index (χ1v) is 6.90. The lowest BCUT2D eigenvalue weighted by Gasteiger charge is -2.14. The third-order valence-corrected chi connectivity index (χ3v) is 3.52. The van der Waals surface area contributed by atoms with Crippen LogP contribution in [0.2, 0.25) is 0 Å². The van der Waals surface area contributed by atoms with Gasteiger partial charge in [0.15, 0.2) is 0 Å². The lowest BCUT2D eigenvalue weighted by atomic mass is 9.97. The fourth-order valence-electron chi connectivity index (χ4n) is 2.30. The highest BCUT2D eigenvalue weighted by atomic mass is 16.5. The highest BCUT2D eigenvalue weighted by Gasteiger charge is 2.29. The first-order chi connectivity index (χ1) is 9.61. The van der Waals surface area contributed by atoms with Gasteiger partial charge >= 0.3 is 5.97 Å². The normalized spacial score (nSPS) is 21.5. The Bertz CT molecular complexity index is 484. The second-order valence-electron chi connectivity index (χ2n) is 5.03. The number of amides is 1. The van der Waals surface area contributed by atoms with E-state index in [0.717, 1.165) is 6.54 Å². The highest BCUT2D eigenvalue weighted by molar-refractivity contribution is 5.94. The van der Waals surface area contributed by atoms with E-state index in [1.807, 2.05) is 0 Å². The van der Waals surface area contributed by atoms with E-state index in [9.17, 15) is 9.59 Å². The van der Waals surface area contributed by atoms with Crippen LogP contribution in [0.3, 0.4) is 0 Å². The Balaban J connectivity index is 1.96. The molecule has 1 aliphatic rings. The van der Waals surface area contributed by atoms with Gasteiger partial charge in [0, 0.05) is 12.2 Å². The van der Waals surface area contributed by atoms with Gasteiger partial charge in [-0.05, 0) is 43.7 Å². The van der Waals surface area contributed by atoms with Crippen LogP contribution in [0.5, 0.6) is 0 Å². The number of anilines is 1. The fraction of sp³-hybridized carbons (Fsp3) is 0.467. The largest absolute Gasteiger partial charge is 0.462 e. The molecule has 0 saturated carbocycles. The minimum Gasteiger partial charge on any atom is -0.462 e. The molecule has 1 fully saturated rings. The minimum absolute atomic E-state index is 0.000247. The Labute approximate surface area is 118 Å². The molecule has 2 atom stereocenters. The van der Waals surface area contributed by atoms with Crippen molar-refractivity contribution in [2.45, 2.75) is 13.8 Å². The van der Waals surface area contributed by atoms with Crippen LogP contribution in [0.4, 0.5) is 5.69 Å². The number of carbonyl (C=O) groups excluding carboxylic acids is 2. The summed E-state index contributed by atoms with van der Waals surface area (Å²) < 4.78 is 4.91. The van der Waals surface area contributed by atoms with Gasteiger partial charge in [0.05, 0.1) is 18.1 Å². The molecule has 2 rings (SSSR count). The van der Waals surface area contributed by atoms with Crippen LogP contribution in [-0.2, 0) is 9.53 Å². The molecule has 0 spiro atoms. The van der Waals surface area contributed by atoms with Crippen LogP contribution in [0.15, 0.2) is 24.3 Å². The summed E-state index contributed by atoms with van der Waals surface area (Å²) in [5.41, 5.74) is 1.18. The minimum atomic E-state index is -0.348. The molecule has 0 unspecified atom stereocenters. The van der Waals surface area contributed by atoms with Crippen LogP contribution in [0.25, 0.3) is 0 Å². The average Bonchev–Trinajstić information content (AvgIpc) is 2.86. The number of hydrogen-bond donors (Lipinski definition) is 2. The van der Waals surface area contributed by atoms with E-state index in [2.05, 4.69) is 17.6 Å². The topological polar surface area (TPSA) is 67.4 Å². The summed E-state index contributed by atoms with van der Waals surface area (Å²) in [6.07, 6.45) is 0. The zero-order chi connectivity index (χ0) is 14.5. The Morgan fingerprint density at radius 3 is 2.55 bits per heavy atom. The Kier molecular flexibility index (Phi) is 4.74. The maximum absolute atomic E-state index is 12.1. The Morgan fingerprint density at radius 2 is 2.00 bits per heavy atom. The van der Waals surface area contributed by atoms with Crippen LogP contribution in [-0.4, -0.2) is 31.6 Å². The fourth-order valence-corrected chi connectivity index (χ4v) is 2.30. The summed E-state index contributed by atoms with van der Waals surface area (Å²) in [7, 11) is 0. The summed E-state index contributed by atoms with van der Waals surface area (Å²) in [6.45, 7) is 5.77. The molecule has 108 valence electrons. The quantitative estimate of drug-likeness (QED) is 0.821. The highest BCUT2D eigenvalue weighted by Crippen LogP contribution is 2.19. The van der Waals surface area contributed by atoms with Gasteiger partial charge in [-0.2, -0.15) is 0 Å². The van der Waals surface area contributed by atoms with Crippen molar-refractivity contribution in [3.05, 3.63) is 29.8 Å². The van der Waals surface area contributed by atoms with Crippen molar-refractivity contribution in [3.63, 3.8) is 0 Å². The molecule has 20 heavy (non-hydrogen) atoms. The van der Waals surface area contributed by atoms with Gasteiger partial charge in [-0.3, -0.25) is 4.79 Å². The number of carbonyl (C=O) groups is 2. The molecule has 1 saturated heterocycles. The van der Waals surface area contributed by atoms with E-state index in [1.54, 1.807) is 31.2 Å². The van der Waals surface area contributed by atoms with Gasteiger partial charge in [0.1, 0.15) is 0 Å². The van der Waals surface area contributed by atoms with Crippen molar-refractivity contribution < 1.29 is 14.3 Å². The Hall–Kier alpha value is -1.88. The van der Waals surface area contributed by atoms with E-state index in [-0.39, 0.29) is 17.8 Å². The van der Waals surface area contributed by atoms with Crippen molar-refractivity contribution in [1.29, 1.82) is 0 Å². The zero-order valence-electron chi connectivity index (χ0n) is 11.8. The summed E-state index contributed by atoms with van der Waals surface area (Å²) >= 11 is 0. The van der Waals surface area contributed by atoms with Crippen LogP contribution < -0.4 is 10.6 Å². The number of esters is 1. The first kappa shape index (κ1) is 14.5. The molecule has 0 aromatic heterocycles. The van der Waals surface area contributed by atoms with Gasteiger partial charge in [0.25, 0.3) is 0 Å². The SMILES string of the molecule is CCOC(=O)c1ccc(NC(=O)[C@@H]2CNC[C@H]2C)cc1. The molecule has 0 aliphatic carbocycles. The van der Waals surface area contributed by atoms with Crippen molar-refractivity contribution >= 4 is 17.6 Å². The summed E-state index contributed by atoms with van der Waals surface area (Å²) in [5.74, 6) is 0.0129. The molecule has 1 aromatic rings. The van der Waals surface area contributed by atoms with Crippen molar-refractivity contribution in [3.8, 4) is 0 Å². The van der Waals surface area contributed by atoms with Crippen LogP contribution in [0, 0.1) is 11.8 Å². The molecule has 2 N–H and O–H groups in total. The predicted molar refractivity (Wildman–Crippen MR) is 76.6 cm³/mol. The first-order valence-electron chi connectivity index (χ1n) is 6.90. The van der Waals surface area contributed by atoms with E-state index in [0.29, 0.717) is 30.3 Å². The monoisotopic (exact) mass is 276 g/mol. The van der Waals surface area contributed by atoms with Gasteiger partial charge in [-0.15, -0.1) is 0 Å². The summed E-state index contributed by atoms with van der Waals surface area (Å²) in [6, 6.07) is 6.75. The molecule has 1 aliphatic heterocycles. The molecule has 0 radical (unpaired) electrons. The molecule has 1 aromatic carbocycles. The van der Waals surface area contributed by atoms with Crippen molar-refractivity contribution in [2.24, 2.45) is 11.8 Å². The van der Waals surface area contributed by atoms with Crippen LogP contribution >= 0.6 is 0 Å². The number of rotatable bonds is 4. The molecule has 1 heterocycles. The predicted octanol–water partition coefficient (Wildman–Crippen LogP) is 1.66. The van der Waals surface area contributed by atoms with Crippen molar-refractivity contribution in [1.82, 2.24) is 5.32 Å².